The molecule has 4 rings (SSSR count). The van der Waals surface area contributed by atoms with Crippen molar-refractivity contribution >= 4 is 41.8 Å². The van der Waals surface area contributed by atoms with Crippen LogP contribution in [-0.2, 0) is 14.3 Å². The predicted molar refractivity (Wildman–Crippen MR) is 130 cm³/mol. The largest absolute Gasteiger partial charge is 0.375 e. The third kappa shape index (κ3) is 4.79. The summed E-state index contributed by atoms with van der Waals surface area (Å²) in [6.45, 7) is 4.02. The van der Waals surface area contributed by atoms with Crippen molar-refractivity contribution in [2.75, 3.05) is 33.3 Å². The summed E-state index contributed by atoms with van der Waals surface area (Å²) in [5, 5.41) is 6.46. The SMILES string of the molecule is CCNC(=NCC(OC)c1ccccc1)NCCN1C(=O)C2C3C=CC(C3)C2C1=O.I. The Morgan fingerprint density at radius 2 is 1.77 bits per heavy atom. The quantitative estimate of drug-likeness (QED) is 0.175. The first-order valence-electron chi connectivity index (χ1n) is 10.8. The Morgan fingerprint density at radius 3 is 2.35 bits per heavy atom. The Labute approximate surface area is 200 Å². The van der Waals surface area contributed by atoms with Crippen molar-refractivity contribution in [3.63, 3.8) is 0 Å². The molecule has 1 saturated carbocycles. The fourth-order valence-corrected chi connectivity index (χ4v) is 4.97. The van der Waals surface area contributed by atoms with Crippen molar-refractivity contribution in [3.8, 4) is 0 Å². The van der Waals surface area contributed by atoms with Gasteiger partial charge in [0, 0.05) is 26.7 Å². The van der Waals surface area contributed by atoms with E-state index >= 15 is 0 Å². The van der Waals surface area contributed by atoms with Gasteiger partial charge in [0.15, 0.2) is 5.96 Å². The molecule has 5 unspecified atom stereocenters. The smallest absolute Gasteiger partial charge is 0.233 e. The van der Waals surface area contributed by atoms with E-state index in [1.807, 2.05) is 37.3 Å². The topological polar surface area (TPSA) is 83.0 Å². The number of guanidine groups is 1. The van der Waals surface area contributed by atoms with E-state index in [2.05, 4.69) is 27.8 Å². The number of methoxy groups -OCH3 is 1. The van der Waals surface area contributed by atoms with Gasteiger partial charge < -0.3 is 15.4 Å². The number of hydrogen-bond acceptors (Lipinski definition) is 4. The highest BCUT2D eigenvalue weighted by Gasteiger charge is 2.58. The molecule has 5 atom stereocenters. The van der Waals surface area contributed by atoms with Crippen LogP contribution in [0.4, 0.5) is 0 Å². The average molecular weight is 538 g/mol. The maximum absolute atomic E-state index is 12.8. The number of aliphatic imine (C=N–C) groups is 1. The molecule has 31 heavy (non-hydrogen) atoms. The van der Waals surface area contributed by atoms with Crippen LogP contribution in [0.25, 0.3) is 0 Å². The lowest BCUT2D eigenvalue weighted by molar-refractivity contribution is -0.140. The molecule has 1 aromatic rings. The number of rotatable bonds is 8. The molecule has 1 aromatic carbocycles. The Hall–Kier alpha value is -1.94. The maximum Gasteiger partial charge on any atom is 0.233 e. The highest BCUT2D eigenvalue weighted by molar-refractivity contribution is 14.0. The van der Waals surface area contributed by atoms with E-state index in [9.17, 15) is 9.59 Å². The molecular weight excluding hydrogens is 507 g/mol. The van der Waals surface area contributed by atoms with Gasteiger partial charge in [-0.2, -0.15) is 0 Å². The third-order valence-corrected chi connectivity index (χ3v) is 6.40. The first-order chi connectivity index (χ1) is 14.6. The van der Waals surface area contributed by atoms with Crippen LogP contribution < -0.4 is 10.6 Å². The number of nitrogens with zero attached hydrogens (tertiary/aromatic N) is 2. The molecule has 2 bridgehead atoms. The van der Waals surface area contributed by atoms with Gasteiger partial charge in [-0.05, 0) is 30.7 Å². The van der Waals surface area contributed by atoms with Crippen LogP contribution in [0.5, 0.6) is 0 Å². The van der Waals surface area contributed by atoms with Gasteiger partial charge >= 0.3 is 0 Å². The number of likely N-dealkylation sites (tertiary alicyclic amines) is 1. The summed E-state index contributed by atoms with van der Waals surface area (Å²) in [5.41, 5.74) is 1.07. The number of amides is 2. The molecule has 0 aromatic heterocycles. The lowest BCUT2D eigenvalue weighted by atomic mass is 9.85. The minimum atomic E-state index is -0.136. The van der Waals surface area contributed by atoms with Gasteiger partial charge in [-0.15, -0.1) is 24.0 Å². The van der Waals surface area contributed by atoms with Gasteiger partial charge in [0.25, 0.3) is 0 Å². The van der Waals surface area contributed by atoms with Crippen molar-refractivity contribution in [1.29, 1.82) is 0 Å². The summed E-state index contributed by atoms with van der Waals surface area (Å²) in [6.07, 6.45) is 5.06. The molecule has 2 aliphatic carbocycles. The summed E-state index contributed by atoms with van der Waals surface area (Å²) in [6, 6.07) is 9.98. The molecule has 168 valence electrons. The lowest BCUT2D eigenvalue weighted by Crippen LogP contribution is -2.43. The molecule has 1 saturated heterocycles. The van der Waals surface area contributed by atoms with Gasteiger partial charge in [-0.1, -0.05) is 42.5 Å². The normalized spacial score (nSPS) is 27.3. The number of imide groups is 1. The van der Waals surface area contributed by atoms with Gasteiger partial charge in [-0.25, -0.2) is 0 Å². The summed E-state index contributed by atoms with van der Waals surface area (Å²) in [5.74, 6) is 0.861. The second kappa shape index (κ2) is 10.6. The van der Waals surface area contributed by atoms with Gasteiger partial charge in [0.2, 0.25) is 11.8 Å². The van der Waals surface area contributed by atoms with Crippen LogP contribution in [0.2, 0.25) is 0 Å². The zero-order chi connectivity index (χ0) is 21.1. The van der Waals surface area contributed by atoms with E-state index in [1.165, 1.54) is 4.90 Å². The van der Waals surface area contributed by atoms with Crippen molar-refractivity contribution in [2.45, 2.75) is 19.4 Å². The van der Waals surface area contributed by atoms with E-state index in [0.717, 1.165) is 18.5 Å². The highest BCUT2D eigenvalue weighted by atomic mass is 127. The summed E-state index contributed by atoms with van der Waals surface area (Å²) in [7, 11) is 1.68. The van der Waals surface area contributed by atoms with E-state index < -0.39 is 0 Å². The standard InChI is InChI=1S/C23H30N4O3.HI/c1-3-24-23(26-14-18(30-2)15-7-5-4-6-8-15)25-11-12-27-21(28)19-16-9-10-17(13-16)20(19)22(27)29;/h4-10,16-20H,3,11-14H2,1-2H3,(H2,24,25,26);1H. The number of benzene rings is 1. The van der Waals surface area contributed by atoms with Gasteiger partial charge in [-0.3, -0.25) is 19.5 Å². The van der Waals surface area contributed by atoms with Crippen LogP contribution in [0, 0.1) is 23.7 Å². The van der Waals surface area contributed by atoms with Gasteiger partial charge in [0.05, 0.1) is 18.4 Å². The first kappa shape index (κ1) is 23.7. The minimum Gasteiger partial charge on any atom is -0.375 e. The van der Waals surface area contributed by atoms with Crippen LogP contribution in [0.15, 0.2) is 47.5 Å². The van der Waals surface area contributed by atoms with Crippen LogP contribution in [0.1, 0.15) is 25.0 Å². The number of carbonyl (C=O) groups excluding carboxylic acids is 2. The molecular formula is C23H31IN4O3. The fourth-order valence-electron chi connectivity index (χ4n) is 4.97. The second-order valence-corrected chi connectivity index (χ2v) is 8.11. The monoisotopic (exact) mass is 538 g/mol. The lowest BCUT2D eigenvalue weighted by Gasteiger charge is -2.19. The molecule has 2 N–H and O–H groups in total. The average Bonchev–Trinajstić information content (AvgIpc) is 3.44. The van der Waals surface area contributed by atoms with Crippen molar-refractivity contribution in [3.05, 3.63) is 48.0 Å². The fraction of sp³-hybridized carbons (Fsp3) is 0.522. The number of halogens is 1. The van der Waals surface area contributed by atoms with E-state index in [-0.39, 0.29) is 65.6 Å². The van der Waals surface area contributed by atoms with Crippen molar-refractivity contribution < 1.29 is 14.3 Å². The second-order valence-electron chi connectivity index (χ2n) is 8.11. The number of hydrogen-bond donors (Lipinski definition) is 2. The molecule has 0 radical (unpaired) electrons. The van der Waals surface area contributed by atoms with Crippen molar-refractivity contribution in [1.82, 2.24) is 15.5 Å². The number of carbonyl (C=O) groups is 2. The van der Waals surface area contributed by atoms with Crippen molar-refractivity contribution in [2.24, 2.45) is 28.7 Å². The highest BCUT2D eigenvalue weighted by Crippen LogP contribution is 2.52. The number of nitrogens with one attached hydrogen (secondary N) is 2. The zero-order valence-corrected chi connectivity index (χ0v) is 20.3. The van der Waals surface area contributed by atoms with E-state index in [1.54, 1.807) is 7.11 Å². The molecule has 0 spiro atoms. The molecule has 3 aliphatic rings. The molecule has 1 heterocycles. The molecule has 7 nitrogen and oxygen atoms in total. The Kier molecular flexibility index (Phi) is 8.10. The Balaban J connectivity index is 0.00000272. The zero-order valence-electron chi connectivity index (χ0n) is 18.0. The van der Waals surface area contributed by atoms with Crippen LogP contribution in [0.3, 0.4) is 0 Å². The number of ether oxygens (including phenoxy) is 1. The van der Waals surface area contributed by atoms with Crippen LogP contribution >= 0.6 is 24.0 Å². The summed E-state index contributed by atoms with van der Waals surface area (Å²) < 4.78 is 5.58. The molecule has 1 aliphatic heterocycles. The minimum absolute atomic E-state index is 0. The summed E-state index contributed by atoms with van der Waals surface area (Å²) in [4.78, 5) is 31.6. The third-order valence-electron chi connectivity index (χ3n) is 6.40. The molecule has 2 amide bonds. The van der Waals surface area contributed by atoms with Gasteiger partial charge in [0.1, 0.15) is 6.10 Å². The maximum atomic E-state index is 12.8. The Morgan fingerprint density at radius 1 is 1.13 bits per heavy atom. The molecule has 2 fully saturated rings. The molecule has 8 heteroatoms. The van der Waals surface area contributed by atoms with Crippen LogP contribution in [-0.4, -0.2) is 56.0 Å². The first-order valence-corrected chi connectivity index (χ1v) is 10.8. The van der Waals surface area contributed by atoms with E-state index in [4.69, 9.17) is 4.74 Å². The van der Waals surface area contributed by atoms with E-state index in [0.29, 0.717) is 25.6 Å². The number of allylic oxidation sites excluding steroid dienone is 2. The Bertz CT molecular complexity index is 814. The predicted octanol–water partition coefficient (Wildman–Crippen LogP) is 2.35. The number of fused-ring (bicyclic) bond motifs is 5. The summed E-state index contributed by atoms with van der Waals surface area (Å²) >= 11 is 0.